The molecule has 9 heteroatoms. The number of halogens is 2. The molecule has 0 bridgehead atoms. The second-order valence-electron chi connectivity index (χ2n) is 7.87. The van der Waals surface area contributed by atoms with Crippen LogP contribution in [0, 0.1) is 5.82 Å². The fourth-order valence-electron chi connectivity index (χ4n) is 4.08. The summed E-state index contributed by atoms with van der Waals surface area (Å²) in [7, 11) is 1.46. The largest absolute Gasteiger partial charge is 0.494 e. The lowest BCUT2D eigenvalue weighted by atomic mass is 10.2. The Morgan fingerprint density at radius 1 is 1.16 bits per heavy atom. The Kier molecular flexibility index (Phi) is 10.3. The molecule has 0 saturated carbocycles. The Bertz CT molecular complexity index is 749. The highest BCUT2D eigenvalue weighted by molar-refractivity contribution is 14.0. The second-order valence-corrected chi connectivity index (χ2v) is 7.87. The molecule has 3 rings (SSSR count). The van der Waals surface area contributed by atoms with E-state index >= 15 is 0 Å². The molecule has 1 N–H and O–H groups in total. The van der Waals surface area contributed by atoms with Crippen LogP contribution in [0.1, 0.15) is 32.3 Å². The van der Waals surface area contributed by atoms with Gasteiger partial charge in [0.2, 0.25) is 5.91 Å². The van der Waals surface area contributed by atoms with E-state index < -0.39 is 0 Å². The van der Waals surface area contributed by atoms with Crippen molar-refractivity contribution in [3.8, 4) is 5.75 Å². The molecule has 2 saturated heterocycles. The molecular formula is C22H35FIN5O2. The molecule has 1 amide bonds. The number of hydrogen-bond donors (Lipinski definition) is 1. The third-order valence-corrected chi connectivity index (χ3v) is 5.90. The molecule has 31 heavy (non-hydrogen) atoms. The van der Waals surface area contributed by atoms with Crippen molar-refractivity contribution in [1.82, 2.24) is 20.0 Å². The molecule has 174 valence electrons. The summed E-state index contributed by atoms with van der Waals surface area (Å²) in [4.78, 5) is 23.9. The molecule has 0 spiro atoms. The van der Waals surface area contributed by atoms with Crippen LogP contribution in [-0.4, -0.2) is 85.5 Å². The van der Waals surface area contributed by atoms with Crippen LogP contribution in [0.4, 0.5) is 4.39 Å². The standard InChI is InChI=1S/C22H34FN5O2.HI/c1-4-24-22(25-16-18-7-8-20(30-3)19(23)15-18)28-13-11-26(12-14-28)17(2)21(29)27-9-5-6-10-27;/h7-8,15,17H,4-6,9-14,16H2,1-3H3,(H,24,25);1H. The predicted octanol–water partition coefficient (Wildman–Crippen LogP) is 2.55. The number of carbonyl (C=O) groups is 1. The molecule has 7 nitrogen and oxygen atoms in total. The van der Waals surface area contributed by atoms with Crippen molar-refractivity contribution in [3.05, 3.63) is 29.6 Å². The molecule has 2 aliphatic heterocycles. The Balaban J connectivity index is 0.00000341. The van der Waals surface area contributed by atoms with Gasteiger partial charge in [0.15, 0.2) is 17.5 Å². The van der Waals surface area contributed by atoms with Crippen LogP contribution < -0.4 is 10.1 Å². The molecule has 1 aromatic carbocycles. The van der Waals surface area contributed by atoms with E-state index in [0.717, 1.165) is 70.2 Å². The topological polar surface area (TPSA) is 60.4 Å². The predicted molar refractivity (Wildman–Crippen MR) is 132 cm³/mol. The summed E-state index contributed by atoms with van der Waals surface area (Å²) in [6.45, 7) is 10.3. The second kappa shape index (κ2) is 12.4. The summed E-state index contributed by atoms with van der Waals surface area (Å²) >= 11 is 0. The lowest BCUT2D eigenvalue weighted by Crippen LogP contribution is -2.57. The van der Waals surface area contributed by atoms with Gasteiger partial charge in [-0.1, -0.05) is 6.07 Å². The zero-order valence-corrected chi connectivity index (χ0v) is 21.1. The number of hydrogen-bond acceptors (Lipinski definition) is 4. The number of amides is 1. The number of ether oxygens (including phenoxy) is 1. The van der Waals surface area contributed by atoms with Crippen LogP contribution >= 0.6 is 24.0 Å². The van der Waals surface area contributed by atoms with Crippen LogP contribution in [0.5, 0.6) is 5.75 Å². The van der Waals surface area contributed by atoms with E-state index in [0.29, 0.717) is 6.54 Å². The van der Waals surface area contributed by atoms with Crippen LogP contribution in [0.3, 0.4) is 0 Å². The summed E-state index contributed by atoms with van der Waals surface area (Å²) in [6, 6.07) is 4.85. The number of guanidine groups is 1. The summed E-state index contributed by atoms with van der Waals surface area (Å²) in [5, 5.41) is 3.34. The molecule has 1 aromatic rings. The van der Waals surface area contributed by atoms with Crippen molar-refractivity contribution in [3.63, 3.8) is 0 Å². The van der Waals surface area contributed by atoms with Gasteiger partial charge in [0, 0.05) is 45.8 Å². The Morgan fingerprint density at radius 3 is 2.42 bits per heavy atom. The zero-order valence-electron chi connectivity index (χ0n) is 18.8. The van der Waals surface area contributed by atoms with Crippen molar-refractivity contribution >= 4 is 35.8 Å². The van der Waals surface area contributed by atoms with Crippen molar-refractivity contribution < 1.29 is 13.9 Å². The Hall–Kier alpha value is -1.62. The van der Waals surface area contributed by atoms with Gasteiger partial charge in [-0.25, -0.2) is 9.38 Å². The van der Waals surface area contributed by atoms with Crippen LogP contribution in [0.15, 0.2) is 23.2 Å². The number of likely N-dealkylation sites (tertiary alicyclic amines) is 1. The highest BCUT2D eigenvalue weighted by Crippen LogP contribution is 2.18. The minimum absolute atomic E-state index is 0. The van der Waals surface area contributed by atoms with Crippen LogP contribution in [0.2, 0.25) is 0 Å². The van der Waals surface area contributed by atoms with Crippen molar-refractivity contribution in [1.29, 1.82) is 0 Å². The molecule has 2 heterocycles. The van der Waals surface area contributed by atoms with Gasteiger partial charge in [-0.05, 0) is 44.4 Å². The van der Waals surface area contributed by atoms with E-state index in [1.165, 1.54) is 13.2 Å². The molecule has 2 aliphatic rings. The minimum Gasteiger partial charge on any atom is -0.494 e. The summed E-state index contributed by atoms with van der Waals surface area (Å²) < 4.78 is 18.9. The van der Waals surface area contributed by atoms with E-state index in [9.17, 15) is 9.18 Å². The number of carbonyl (C=O) groups excluding carboxylic acids is 1. The first-order chi connectivity index (χ1) is 14.5. The monoisotopic (exact) mass is 547 g/mol. The maximum absolute atomic E-state index is 13.9. The minimum atomic E-state index is -0.375. The van der Waals surface area contributed by atoms with Gasteiger partial charge in [-0.2, -0.15) is 0 Å². The fourth-order valence-corrected chi connectivity index (χ4v) is 4.08. The lowest BCUT2D eigenvalue weighted by Gasteiger charge is -2.39. The van der Waals surface area contributed by atoms with Gasteiger partial charge in [0.25, 0.3) is 0 Å². The first-order valence-electron chi connectivity index (χ1n) is 10.9. The van der Waals surface area contributed by atoms with Gasteiger partial charge < -0.3 is 19.9 Å². The highest BCUT2D eigenvalue weighted by atomic mass is 127. The van der Waals surface area contributed by atoms with Gasteiger partial charge in [0.05, 0.1) is 19.7 Å². The molecule has 0 aliphatic carbocycles. The van der Waals surface area contributed by atoms with E-state index in [-0.39, 0.29) is 47.5 Å². The van der Waals surface area contributed by atoms with E-state index in [1.54, 1.807) is 6.07 Å². The highest BCUT2D eigenvalue weighted by Gasteiger charge is 2.30. The zero-order chi connectivity index (χ0) is 21.5. The van der Waals surface area contributed by atoms with Crippen LogP contribution in [-0.2, 0) is 11.3 Å². The average Bonchev–Trinajstić information content (AvgIpc) is 3.31. The average molecular weight is 547 g/mol. The van der Waals surface area contributed by atoms with E-state index in [2.05, 4.69) is 15.1 Å². The Labute approximate surface area is 202 Å². The SMILES string of the molecule is CCNC(=NCc1ccc(OC)c(F)c1)N1CCN(C(C)C(=O)N2CCCC2)CC1.I. The third-order valence-electron chi connectivity index (χ3n) is 5.90. The van der Waals surface area contributed by atoms with Crippen LogP contribution in [0.25, 0.3) is 0 Å². The third kappa shape index (κ3) is 6.68. The number of methoxy groups -OCH3 is 1. The van der Waals surface area contributed by atoms with Gasteiger partial charge in [0.1, 0.15) is 0 Å². The Morgan fingerprint density at radius 2 is 1.84 bits per heavy atom. The quantitative estimate of drug-likeness (QED) is 0.337. The number of nitrogens with one attached hydrogen (secondary N) is 1. The number of benzene rings is 1. The summed E-state index contributed by atoms with van der Waals surface area (Å²) in [6.07, 6.45) is 2.24. The smallest absolute Gasteiger partial charge is 0.239 e. The fraction of sp³-hybridized carbons (Fsp3) is 0.636. The molecule has 1 unspecified atom stereocenters. The molecule has 0 aromatic heterocycles. The summed E-state index contributed by atoms with van der Waals surface area (Å²) in [5.41, 5.74) is 0.798. The van der Waals surface area contributed by atoms with E-state index in [1.807, 2.05) is 24.8 Å². The molecular weight excluding hydrogens is 512 g/mol. The molecule has 1 atom stereocenters. The molecule has 0 radical (unpaired) electrons. The number of rotatable bonds is 6. The maximum Gasteiger partial charge on any atom is 0.239 e. The number of nitrogens with zero attached hydrogens (tertiary/aromatic N) is 4. The maximum atomic E-state index is 13.9. The van der Waals surface area contributed by atoms with Crippen molar-refractivity contribution in [2.45, 2.75) is 39.3 Å². The first kappa shape index (κ1) is 25.6. The molecule has 2 fully saturated rings. The number of piperazine rings is 1. The van der Waals surface area contributed by atoms with Gasteiger partial charge in [-0.3, -0.25) is 9.69 Å². The van der Waals surface area contributed by atoms with Crippen molar-refractivity contribution in [2.24, 2.45) is 4.99 Å². The number of aliphatic imine (C=N–C) groups is 1. The van der Waals surface area contributed by atoms with Gasteiger partial charge >= 0.3 is 0 Å². The van der Waals surface area contributed by atoms with Crippen molar-refractivity contribution in [2.75, 3.05) is 52.9 Å². The van der Waals surface area contributed by atoms with Gasteiger partial charge in [-0.15, -0.1) is 24.0 Å². The summed E-state index contributed by atoms with van der Waals surface area (Å²) in [5.74, 6) is 0.943. The normalized spacial score (nSPS) is 18.5. The van der Waals surface area contributed by atoms with E-state index in [4.69, 9.17) is 9.73 Å². The lowest BCUT2D eigenvalue weighted by molar-refractivity contribution is -0.135. The first-order valence-corrected chi connectivity index (χ1v) is 10.9.